The van der Waals surface area contributed by atoms with Crippen molar-refractivity contribution in [3.8, 4) is 11.5 Å². The number of ether oxygens (including phenoxy) is 2. The number of carbonyl (C=O) groups is 1. The van der Waals surface area contributed by atoms with Crippen LogP contribution < -0.4 is 19.3 Å². The van der Waals surface area contributed by atoms with Gasteiger partial charge in [0.1, 0.15) is 13.2 Å². The van der Waals surface area contributed by atoms with E-state index in [9.17, 15) is 4.79 Å². The van der Waals surface area contributed by atoms with E-state index in [2.05, 4.69) is 40.1 Å². The van der Waals surface area contributed by atoms with Gasteiger partial charge in [-0.1, -0.05) is 17.4 Å². The van der Waals surface area contributed by atoms with Gasteiger partial charge in [0.2, 0.25) is 0 Å². The molecule has 0 spiro atoms. The number of aryl methyl sites for hydroxylation is 2. The minimum Gasteiger partial charge on any atom is -0.486 e. The quantitative estimate of drug-likeness (QED) is 0.659. The molecule has 6 nitrogen and oxygen atoms in total. The lowest BCUT2D eigenvalue weighted by molar-refractivity contribution is -0.858. The predicted octanol–water partition coefficient (Wildman–Crippen LogP) is 2.87. The maximum absolute atomic E-state index is 13.5. The molecule has 1 N–H and O–H groups in total. The summed E-state index contributed by atoms with van der Waals surface area (Å²) in [5, 5.41) is 0.743. The summed E-state index contributed by atoms with van der Waals surface area (Å²) in [5.74, 6) is 1.25. The Labute approximate surface area is 181 Å². The highest BCUT2D eigenvalue weighted by molar-refractivity contribution is 7.22. The van der Waals surface area contributed by atoms with Gasteiger partial charge >= 0.3 is 0 Å². The summed E-state index contributed by atoms with van der Waals surface area (Å²) in [6, 6.07) is 9.65. The zero-order valence-electron chi connectivity index (χ0n) is 17.9. The fraction of sp³-hybridized carbons (Fsp3) is 0.391. The summed E-state index contributed by atoms with van der Waals surface area (Å²) in [7, 11) is 4.24. The van der Waals surface area contributed by atoms with Gasteiger partial charge in [0.15, 0.2) is 16.6 Å². The Hall–Kier alpha value is -2.64. The highest BCUT2D eigenvalue weighted by Gasteiger charge is 2.24. The molecule has 1 aromatic heterocycles. The third-order valence-electron chi connectivity index (χ3n) is 5.13. The summed E-state index contributed by atoms with van der Waals surface area (Å²) in [6.07, 6.45) is 0.895. The van der Waals surface area contributed by atoms with E-state index >= 15 is 0 Å². The number of thiazole rings is 1. The van der Waals surface area contributed by atoms with Gasteiger partial charge in [0.05, 0.1) is 30.9 Å². The number of fused-ring (bicyclic) bond motifs is 2. The Morgan fingerprint density at radius 1 is 1.13 bits per heavy atom. The lowest BCUT2D eigenvalue weighted by Gasteiger charge is -2.22. The van der Waals surface area contributed by atoms with Crippen LogP contribution in [0, 0.1) is 13.8 Å². The van der Waals surface area contributed by atoms with Gasteiger partial charge in [-0.15, -0.1) is 0 Å². The number of anilines is 1. The second-order valence-corrected chi connectivity index (χ2v) is 9.03. The maximum atomic E-state index is 13.5. The zero-order chi connectivity index (χ0) is 21.3. The number of hydrogen-bond acceptors (Lipinski definition) is 5. The molecule has 1 amide bonds. The molecular weight excluding hydrogens is 398 g/mol. The smallest absolute Gasteiger partial charge is 0.260 e. The van der Waals surface area contributed by atoms with Crippen LogP contribution in [0.5, 0.6) is 11.5 Å². The second-order valence-electron chi connectivity index (χ2n) is 8.05. The predicted molar refractivity (Wildman–Crippen MR) is 120 cm³/mol. The van der Waals surface area contributed by atoms with Crippen molar-refractivity contribution in [2.75, 3.05) is 45.3 Å². The highest BCUT2D eigenvalue weighted by Crippen LogP contribution is 2.35. The van der Waals surface area contributed by atoms with Gasteiger partial charge in [-0.25, -0.2) is 4.98 Å². The van der Waals surface area contributed by atoms with Crippen LogP contribution in [0.2, 0.25) is 0 Å². The molecule has 7 heteroatoms. The van der Waals surface area contributed by atoms with Crippen molar-refractivity contribution in [1.82, 2.24) is 4.98 Å². The highest BCUT2D eigenvalue weighted by atomic mass is 32.1. The third kappa shape index (κ3) is 4.27. The van der Waals surface area contributed by atoms with Gasteiger partial charge in [0.25, 0.3) is 5.91 Å². The second kappa shape index (κ2) is 8.62. The Balaban J connectivity index is 1.69. The van der Waals surface area contributed by atoms with E-state index in [-0.39, 0.29) is 5.91 Å². The SMILES string of the molecule is Cc1cc(C)c2sc(N(CCC[NH+](C)C)C(=O)c3ccc4c(c3)OCCO4)nc2c1. The van der Waals surface area contributed by atoms with E-state index in [0.717, 1.165) is 28.3 Å². The van der Waals surface area contributed by atoms with E-state index in [1.54, 1.807) is 17.4 Å². The molecule has 2 aromatic carbocycles. The monoisotopic (exact) mass is 426 g/mol. The van der Waals surface area contributed by atoms with E-state index in [1.807, 2.05) is 17.0 Å². The minimum absolute atomic E-state index is 0.0610. The van der Waals surface area contributed by atoms with E-state index < -0.39 is 0 Å². The Morgan fingerprint density at radius 2 is 1.90 bits per heavy atom. The van der Waals surface area contributed by atoms with Crippen molar-refractivity contribution < 1.29 is 19.2 Å². The molecule has 0 radical (unpaired) electrons. The van der Waals surface area contributed by atoms with Crippen LogP contribution >= 0.6 is 11.3 Å². The van der Waals surface area contributed by atoms with Crippen molar-refractivity contribution in [2.45, 2.75) is 20.3 Å². The Kier molecular flexibility index (Phi) is 5.92. The molecule has 0 atom stereocenters. The fourth-order valence-corrected chi connectivity index (χ4v) is 4.73. The van der Waals surface area contributed by atoms with Crippen molar-refractivity contribution >= 4 is 32.6 Å². The van der Waals surface area contributed by atoms with Crippen LogP contribution in [0.15, 0.2) is 30.3 Å². The summed E-state index contributed by atoms with van der Waals surface area (Å²) >= 11 is 1.58. The van der Waals surface area contributed by atoms with E-state index in [0.29, 0.717) is 36.8 Å². The number of rotatable bonds is 6. The van der Waals surface area contributed by atoms with Crippen molar-refractivity contribution in [1.29, 1.82) is 0 Å². The number of carbonyl (C=O) groups excluding carboxylic acids is 1. The van der Waals surface area contributed by atoms with Gasteiger partial charge in [-0.3, -0.25) is 9.69 Å². The number of benzene rings is 2. The molecule has 0 bridgehead atoms. The molecular formula is C23H28N3O3S+. The molecule has 30 heavy (non-hydrogen) atoms. The van der Waals surface area contributed by atoms with Gasteiger partial charge in [0, 0.05) is 18.5 Å². The van der Waals surface area contributed by atoms with Gasteiger partial charge < -0.3 is 14.4 Å². The van der Waals surface area contributed by atoms with Crippen molar-refractivity contribution in [3.63, 3.8) is 0 Å². The first-order valence-electron chi connectivity index (χ1n) is 10.3. The summed E-state index contributed by atoms with van der Waals surface area (Å²) in [5.41, 5.74) is 3.91. The Bertz CT molecular complexity index is 1080. The lowest BCUT2D eigenvalue weighted by atomic mass is 10.1. The first-order chi connectivity index (χ1) is 14.4. The van der Waals surface area contributed by atoms with Crippen LogP contribution in [0.1, 0.15) is 27.9 Å². The lowest BCUT2D eigenvalue weighted by Crippen LogP contribution is -3.05. The molecule has 1 aliphatic heterocycles. The number of amides is 1. The zero-order valence-corrected chi connectivity index (χ0v) is 18.8. The average Bonchev–Trinajstić information content (AvgIpc) is 3.14. The van der Waals surface area contributed by atoms with Crippen LogP contribution in [0.25, 0.3) is 10.2 Å². The molecule has 0 fully saturated rings. The van der Waals surface area contributed by atoms with Crippen LogP contribution in [0.3, 0.4) is 0 Å². The summed E-state index contributed by atoms with van der Waals surface area (Å²) in [4.78, 5) is 21.5. The number of hydrogen-bond donors (Lipinski definition) is 1. The molecule has 158 valence electrons. The number of aromatic nitrogens is 1. The van der Waals surface area contributed by atoms with E-state index in [1.165, 1.54) is 16.0 Å². The topological polar surface area (TPSA) is 56.1 Å². The van der Waals surface area contributed by atoms with E-state index in [4.69, 9.17) is 14.5 Å². The number of quaternary nitrogens is 1. The molecule has 2 heterocycles. The summed E-state index contributed by atoms with van der Waals surface area (Å²) in [6.45, 7) is 6.80. The first kappa shape index (κ1) is 20.6. The summed E-state index contributed by atoms with van der Waals surface area (Å²) < 4.78 is 12.4. The third-order valence-corrected chi connectivity index (χ3v) is 6.36. The Morgan fingerprint density at radius 3 is 2.67 bits per heavy atom. The first-order valence-corrected chi connectivity index (χ1v) is 11.1. The normalized spacial score (nSPS) is 13.1. The van der Waals surface area contributed by atoms with Crippen LogP contribution in [0.4, 0.5) is 5.13 Å². The van der Waals surface area contributed by atoms with Crippen molar-refractivity contribution in [2.24, 2.45) is 0 Å². The molecule has 0 unspecified atom stereocenters. The standard InChI is InChI=1S/C23H27N3O3S/c1-15-12-16(2)21-18(13-15)24-23(30-21)26(9-5-8-25(3)4)22(27)17-6-7-19-20(14-17)29-11-10-28-19/h6-7,12-14H,5,8-11H2,1-4H3/p+1. The molecule has 3 aromatic rings. The van der Waals surface area contributed by atoms with Crippen LogP contribution in [-0.2, 0) is 0 Å². The molecule has 0 saturated carbocycles. The van der Waals surface area contributed by atoms with Gasteiger partial charge in [-0.05, 0) is 49.2 Å². The largest absolute Gasteiger partial charge is 0.486 e. The molecule has 0 aliphatic carbocycles. The fourth-order valence-electron chi connectivity index (χ4n) is 3.69. The maximum Gasteiger partial charge on any atom is 0.260 e. The number of nitrogens with zero attached hydrogens (tertiary/aromatic N) is 2. The molecule has 1 aliphatic rings. The van der Waals surface area contributed by atoms with Gasteiger partial charge in [-0.2, -0.15) is 0 Å². The molecule has 0 saturated heterocycles. The average molecular weight is 427 g/mol. The molecule has 4 rings (SSSR count). The number of nitrogens with one attached hydrogen (secondary N) is 1. The van der Waals surface area contributed by atoms with Crippen LogP contribution in [-0.4, -0.2) is 51.3 Å². The minimum atomic E-state index is -0.0610. The van der Waals surface area contributed by atoms with Crippen molar-refractivity contribution in [3.05, 3.63) is 47.0 Å².